The molecule has 3 rings (SSSR count). The quantitative estimate of drug-likeness (QED) is 0.595. The van der Waals surface area contributed by atoms with E-state index in [-0.39, 0.29) is 5.78 Å². The van der Waals surface area contributed by atoms with Crippen LogP contribution in [0.3, 0.4) is 0 Å². The lowest BCUT2D eigenvalue weighted by atomic mass is 10.2. The molecule has 0 saturated heterocycles. The summed E-state index contributed by atoms with van der Waals surface area (Å²) in [5.41, 5.74) is 1.13. The first-order valence-corrected chi connectivity index (χ1v) is 7.70. The number of benzene rings is 1. The van der Waals surface area contributed by atoms with E-state index < -0.39 is 0 Å². The maximum absolute atomic E-state index is 12.3. The maximum Gasteiger partial charge on any atom is 0.212 e. The second-order valence-electron chi connectivity index (χ2n) is 3.96. The lowest BCUT2D eigenvalue weighted by molar-refractivity contribution is 0.104. The van der Waals surface area contributed by atoms with Gasteiger partial charge in [-0.15, -0.1) is 22.7 Å². The van der Waals surface area contributed by atoms with Crippen LogP contribution in [0, 0.1) is 0 Å². The average molecular weight is 305 g/mol. The first-order chi connectivity index (χ1) is 9.24. The zero-order valence-corrected chi connectivity index (χ0v) is 12.2. The summed E-state index contributed by atoms with van der Waals surface area (Å²) in [5, 5.41) is 0. The Balaban J connectivity index is 1.92. The number of carbonyl (C=O) groups is 1. The fourth-order valence-electron chi connectivity index (χ4n) is 1.78. The molecule has 0 amide bonds. The molecular weight excluding hydrogens is 296 g/mol. The normalized spacial score (nSPS) is 10.6. The first kappa shape index (κ1) is 12.6. The summed E-state index contributed by atoms with van der Waals surface area (Å²) in [4.78, 5) is 14.8. The summed E-state index contributed by atoms with van der Waals surface area (Å²) in [6, 6.07) is 17.5. The van der Waals surface area contributed by atoms with Gasteiger partial charge in [-0.1, -0.05) is 41.9 Å². The van der Waals surface area contributed by atoms with E-state index in [9.17, 15) is 4.79 Å². The van der Waals surface area contributed by atoms with E-state index in [1.54, 1.807) is 12.1 Å². The molecule has 3 aromatic rings. The standard InChI is InChI=1S/C15H9ClOS2/c16-14-9-8-13(19-14)15(17)12-7-6-11(18-12)10-4-2-1-3-5-10/h1-9H. The minimum Gasteiger partial charge on any atom is -0.287 e. The zero-order valence-electron chi connectivity index (χ0n) is 9.80. The summed E-state index contributed by atoms with van der Waals surface area (Å²) >= 11 is 8.69. The van der Waals surface area contributed by atoms with E-state index in [2.05, 4.69) is 0 Å². The molecule has 0 saturated carbocycles. The Morgan fingerprint density at radius 1 is 0.842 bits per heavy atom. The lowest BCUT2D eigenvalue weighted by Crippen LogP contribution is -1.93. The highest BCUT2D eigenvalue weighted by molar-refractivity contribution is 7.21. The van der Waals surface area contributed by atoms with Gasteiger partial charge < -0.3 is 0 Å². The molecule has 0 aliphatic heterocycles. The van der Waals surface area contributed by atoms with E-state index >= 15 is 0 Å². The number of halogens is 1. The van der Waals surface area contributed by atoms with Crippen molar-refractivity contribution in [2.45, 2.75) is 0 Å². The number of thiophene rings is 2. The largest absolute Gasteiger partial charge is 0.287 e. The van der Waals surface area contributed by atoms with Crippen LogP contribution in [0.5, 0.6) is 0 Å². The van der Waals surface area contributed by atoms with Gasteiger partial charge in [0.25, 0.3) is 0 Å². The topological polar surface area (TPSA) is 17.1 Å². The van der Waals surface area contributed by atoms with Crippen molar-refractivity contribution in [3.05, 3.63) is 68.7 Å². The zero-order chi connectivity index (χ0) is 13.2. The van der Waals surface area contributed by atoms with Crippen molar-refractivity contribution in [1.82, 2.24) is 0 Å². The molecule has 0 unspecified atom stereocenters. The van der Waals surface area contributed by atoms with Crippen molar-refractivity contribution in [1.29, 1.82) is 0 Å². The van der Waals surface area contributed by atoms with E-state index in [4.69, 9.17) is 11.6 Å². The Kier molecular flexibility index (Phi) is 3.51. The molecule has 0 bridgehead atoms. The van der Waals surface area contributed by atoms with Crippen molar-refractivity contribution in [2.24, 2.45) is 0 Å². The van der Waals surface area contributed by atoms with E-state index in [0.29, 0.717) is 9.21 Å². The predicted octanol–water partition coefficient (Wildman–Crippen LogP) is 5.36. The van der Waals surface area contributed by atoms with Crippen molar-refractivity contribution in [2.75, 3.05) is 0 Å². The van der Waals surface area contributed by atoms with Crippen LogP contribution < -0.4 is 0 Å². The molecule has 0 atom stereocenters. The summed E-state index contributed by atoms with van der Waals surface area (Å²) in [7, 11) is 0. The van der Waals surface area contributed by atoms with Crippen LogP contribution in [-0.4, -0.2) is 5.78 Å². The van der Waals surface area contributed by atoms with Gasteiger partial charge in [0.2, 0.25) is 5.78 Å². The van der Waals surface area contributed by atoms with Gasteiger partial charge in [0.1, 0.15) is 0 Å². The smallest absolute Gasteiger partial charge is 0.212 e. The van der Waals surface area contributed by atoms with Gasteiger partial charge in [0.15, 0.2) is 0 Å². The number of rotatable bonds is 3. The van der Waals surface area contributed by atoms with E-state index in [1.807, 2.05) is 42.5 Å². The lowest BCUT2D eigenvalue weighted by Gasteiger charge is -1.95. The Morgan fingerprint density at radius 2 is 1.53 bits per heavy atom. The summed E-state index contributed by atoms with van der Waals surface area (Å²) in [5.74, 6) is 0.0454. The van der Waals surface area contributed by atoms with Crippen LogP contribution in [-0.2, 0) is 0 Å². The Hall–Kier alpha value is -1.42. The summed E-state index contributed by atoms with van der Waals surface area (Å²) < 4.78 is 0.642. The van der Waals surface area contributed by atoms with Crippen molar-refractivity contribution in [3.63, 3.8) is 0 Å². The third-order valence-electron chi connectivity index (χ3n) is 2.69. The van der Waals surface area contributed by atoms with Gasteiger partial charge >= 0.3 is 0 Å². The summed E-state index contributed by atoms with van der Waals surface area (Å²) in [6.45, 7) is 0. The van der Waals surface area contributed by atoms with Crippen molar-refractivity contribution in [3.8, 4) is 10.4 Å². The van der Waals surface area contributed by atoms with Crippen LogP contribution in [0.2, 0.25) is 4.34 Å². The Labute approximate surface area is 124 Å². The molecule has 0 aliphatic rings. The van der Waals surface area contributed by atoms with Crippen LogP contribution in [0.15, 0.2) is 54.6 Å². The Morgan fingerprint density at radius 3 is 2.21 bits per heavy atom. The molecule has 0 N–H and O–H groups in total. The molecule has 1 aromatic carbocycles. The second-order valence-corrected chi connectivity index (χ2v) is 6.76. The molecule has 0 fully saturated rings. The van der Waals surface area contributed by atoms with Crippen LogP contribution in [0.4, 0.5) is 0 Å². The number of carbonyl (C=O) groups excluding carboxylic acids is 1. The molecule has 0 aliphatic carbocycles. The molecular formula is C15H9ClOS2. The van der Waals surface area contributed by atoms with Gasteiger partial charge in [0, 0.05) is 4.88 Å². The fourth-order valence-corrected chi connectivity index (χ4v) is 3.80. The van der Waals surface area contributed by atoms with Crippen LogP contribution >= 0.6 is 34.3 Å². The molecule has 2 aromatic heterocycles. The highest BCUT2D eigenvalue weighted by Crippen LogP contribution is 2.31. The molecule has 0 radical (unpaired) electrons. The third kappa shape index (κ3) is 2.63. The van der Waals surface area contributed by atoms with Crippen LogP contribution in [0.25, 0.3) is 10.4 Å². The number of ketones is 1. The van der Waals surface area contributed by atoms with Gasteiger partial charge in [-0.25, -0.2) is 0 Å². The van der Waals surface area contributed by atoms with Gasteiger partial charge in [-0.3, -0.25) is 4.79 Å². The molecule has 0 spiro atoms. The molecule has 4 heteroatoms. The summed E-state index contributed by atoms with van der Waals surface area (Å²) in [6.07, 6.45) is 0. The SMILES string of the molecule is O=C(c1ccc(Cl)s1)c1ccc(-c2ccccc2)s1. The van der Waals surface area contributed by atoms with Crippen LogP contribution in [0.1, 0.15) is 14.5 Å². The Bertz CT molecular complexity index is 713. The third-order valence-corrected chi connectivity index (χ3v) is 5.05. The van der Waals surface area contributed by atoms with Gasteiger partial charge in [-0.05, 0) is 29.8 Å². The molecule has 94 valence electrons. The van der Waals surface area contributed by atoms with Gasteiger partial charge in [0.05, 0.1) is 14.1 Å². The second kappa shape index (κ2) is 5.29. The van der Waals surface area contributed by atoms with Gasteiger partial charge in [-0.2, -0.15) is 0 Å². The van der Waals surface area contributed by atoms with Crippen molar-refractivity contribution < 1.29 is 4.79 Å². The monoisotopic (exact) mass is 304 g/mol. The minimum atomic E-state index is 0.0454. The number of hydrogen-bond acceptors (Lipinski definition) is 3. The first-order valence-electron chi connectivity index (χ1n) is 5.69. The highest BCUT2D eigenvalue weighted by Gasteiger charge is 2.14. The average Bonchev–Trinajstić information content (AvgIpc) is 3.08. The molecule has 1 nitrogen and oxygen atoms in total. The highest BCUT2D eigenvalue weighted by atomic mass is 35.5. The predicted molar refractivity (Wildman–Crippen MR) is 82.5 cm³/mol. The van der Waals surface area contributed by atoms with E-state index in [1.165, 1.54) is 22.7 Å². The maximum atomic E-state index is 12.3. The van der Waals surface area contributed by atoms with Crippen molar-refractivity contribution >= 4 is 40.1 Å². The molecule has 19 heavy (non-hydrogen) atoms. The fraction of sp³-hybridized carbons (Fsp3) is 0. The number of hydrogen-bond donors (Lipinski definition) is 0. The minimum absolute atomic E-state index is 0.0454. The van der Waals surface area contributed by atoms with E-state index in [0.717, 1.165) is 15.3 Å². The molecule has 2 heterocycles.